The number of rotatable bonds is 0. The molecule has 0 aliphatic heterocycles. The Hall–Kier alpha value is -2.49. The van der Waals surface area contributed by atoms with Crippen molar-refractivity contribution in [2.45, 2.75) is 0 Å². The third kappa shape index (κ3) is 3.04. The summed E-state index contributed by atoms with van der Waals surface area (Å²) in [5.74, 6) is 0. The molecule has 10 heteroatoms. The molecule has 3 aromatic rings. The third-order valence-corrected chi connectivity index (χ3v) is 2.59. The Kier molecular flexibility index (Phi) is 3.71. The lowest BCUT2D eigenvalue weighted by atomic mass is 10.6. The van der Waals surface area contributed by atoms with Crippen molar-refractivity contribution >= 4 is 27.1 Å². The van der Waals surface area contributed by atoms with Crippen molar-refractivity contribution in [1.82, 2.24) is 29.9 Å². The summed E-state index contributed by atoms with van der Waals surface area (Å²) in [5.41, 5.74) is -0.240. The van der Waals surface area contributed by atoms with Gasteiger partial charge in [0.05, 0.1) is 17.1 Å². The van der Waals surface area contributed by atoms with Crippen molar-refractivity contribution in [1.29, 1.82) is 0 Å². The Balaban J connectivity index is 0.000000141. The number of aromatic nitrogens is 6. The Morgan fingerprint density at radius 2 is 1.63 bits per heavy atom. The van der Waals surface area contributed by atoms with Crippen molar-refractivity contribution < 1.29 is 0 Å². The van der Waals surface area contributed by atoms with E-state index in [0.29, 0.717) is 15.6 Å². The number of halogens is 1. The fourth-order valence-electron chi connectivity index (χ4n) is 1.17. The number of hydrogen-bond donors (Lipinski definition) is 4. The van der Waals surface area contributed by atoms with E-state index in [-0.39, 0.29) is 5.56 Å². The van der Waals surface area contributed by atoms with E-state index in [1.807, 2.05) is 4.98 Å². The molecule has 3 heterocycles. The fraction of sp³-hybridized carbons (Fsp3) is 0. The molecule has 0 unspecified atom stereocenters. The van der Waals surface area contributed by atoms with Crippen LogP contribution in [0.1, 0.15) is 0 Å². The summed E-state index contributed by atoms with van der Waals surface area (Å²) in [6, 6.07) is 0. The number of H-pyrrole nitrogens is 4. The average Bonchev–Trinajstić information content (AvgIpc) is 2.85. The minimum Gasteiger partial charge on any atom is -0.339 e. The summed E-state index contributed by atoms with van der Waals surface area (Å²) in [4.78, 5) is 48.7. The zero-order valence-corrected chi connectivity index (χ0v) is 10.8. The Morgan fingerprint density at radius 3 is 2.21 bits per heavy atom. The monoisotopic (exact) mass is 326 g/mol. The molecule has 4 N–H and O–H groups in total. The first kappa shape index (κ1) is 13.0. The first-order valence-corrected chi connectivity index (χ1v) is 5.71. The Morgan fingerprint density at radius 1 is 0.947 bits per heavy atom. The molecule has 0 amide bonds. The van der Waals surface area contributed by atoms with Gasteiger partial charge in [0.2, 0.25) is 0 Å². The molecule has 0 atom stereocenters. The van der Waals surface area contributed by atoms with Gasteiger partial charge in [-0.1, -0.05) is 0 Å². The quantitative estimate of drug-likeness (QED) is 0.439. The molecular formula is C9H7BrN6O3. The maximum absolute atomic E-state index is 10.9. The largest absolute Gasteiger partial charge is 0.339 e. The highest BCUT2D eigenvalue weighted by Gasteiger charge is 1.97. The van der Waals surface area contributed by atoms with E-state index in [9.17, 15) is 14.4 Å². The summed E-state index contributed by atoms with van der Waals surface area (Å²) >= 11 is 2.92. The maximum atomic E-state index is 10.9. The van der Waals surface area contributed by atoms with E-state index in [1.54, 1.807) is 0 Å². The van der Waals surface area contributed by atoms with Crippen molar-refractivity contribution in [2.75, 3.05) is 0 Å². The smallest absolute Gasteiger partial charge is 0.325 e. The molecule has 0 aromatic carbocycles. The first-order valence-electron chi connectivity index (χ1n) is 4.92. The van der Waals surface area contributed by atoms with Gasteiger partial charge < -0.3 is 15.0 Å². The zero-order chi connectivity index (χ0) is 13.8. The molecule has 0 radical (unpaired) electrons. The van der Waals surface area contributed by atoms with Gasteiger partial charge in [-0.2, -0.15) is 0 Å². The van der Waals surface area contributed by atoms with Crippen LogP contribution in [0.25, 0.3) is 11.2 Å². The molecule has 0 saturated carbocycles. The summed E-state index contributed by atoms with van der Waals surface area (Å²) in [7, 11) is 0. The van der Waals surface area contributed by atoms with Gasteiger partial charge in [-0.05, 0) is 15.9 Å². The number of nitrogens with one attached hydrogen (secondary N) is 4. The molecule has 0 bridgehead atoms. The minimum atomic E-state index is -0.497. The average molecular weight is 327 g/mol. The van der Waals surface area contributed by atoms with E-state index < -0.39 is 11.2 Å². The zero-order valence-electron chi connectivity index (χ0n) is 9.23. The second-order valence-corrected chi connectivity index (χ2v) is 4.11. The maximum Gasteiger partial charge on any atom is 0.325 e. The SMILES string of the molecule is O=c1[nH]cc(Br)c(=O)[nH]1.O=c1[nH]cnc2nc[nH]c12. The molecule has 0 spiro atoms. The summed E-state index contributed by atoms with van der Waals surface area (Å²) in [6.07, 6.45) is 4.06. The van der Waals surface area contributed by atoms with Crippen LogP contribution in [0.4, 0.5) is 0 Å². The van der Waals surface area contributed by atoms with E-state index in [2.05, 4.69) is 40.8 Å². The van der Waals surface area contributed by atoms with Gasteiger partial charge in [0.15, 0.2) is 11.2 Å². The van der Waals surface area contributed by atoms with Gasteiger partial charge in [0.1, 0.15) is 0 Å². The number of fused-ring (bicyclic) bond motifs is 1. The normalized spacial score (nSPS) is 9.95. The molecule has 3 rings (SSSR count). The van der Waals surface area contributed by atoms with Crippen LogP contribution in [0.3, 0.4) is 0 Å². The predicted octanol–water partition coefficient (Wildman–Crippen LogP) is -0.528. The Bertz CT molecular complexity index is 860. The lowest BCUT2D eigenvalue weighted by Crippen LogP contribution is -2.21. The summed E-state index contributed by atoms with van der Waals surface area (Å²) in [5, 5.41) is 0. The molecule has 0 fully saturated rings. The number of imidazole rings is 1. The second-order valence-electron chi connectivity index (χ2n) is 3.25. The topological polar surface area (TPSA) is 140 Å². The summed E-state index contributed by atoms with van der Waals surface area (Å²) in [6.45, 7) is 0. The van der Waals surface area contributed by atoms with Crippen LogP contribution in [0.2, 0.25) is 0 Å². The van der Waals surface area contributed by atoms with Gasteiger partial charge in [-0.3, -0.25) is 14.6 Å². The van der Waals surface area contributed by atoms with Crippen LogP contribution in [0, 0.1) is 0 Å². The number of aromatic amines is 4. The van der Waals surface area contributed by atoms with Crippen molar-refractivity contribution in [3.05, 3.63) is 54.5 Å². The van der Waals surface area contributed by atoms with Crippen molar-refractivity contribution in [2.24, 2.45) is 0 Å². The molecule has 98 valence electrons. The van der Waals surface area contributed by atoms with E-state index in [1.165, 1.54) is 18.9 Å². The highest BCUT2D eigenvalue weighted by Crippen LogP contribution is 1.94. The molecular weight excluding hydrogens is 320 g/mol. The molecule has 9 nitrogen and oxygen atoms in total. The van der Waals surface area contributed by atoms with E-state index in [4.69, 9.17) is 0 Å². The number of nitrogens with zero attached hydrogens (tertiary/aromatic N) is 2. The van der Waals surface area contributed by atoms with Gasteiger partial charge in [0.25, 0.3) is 11.1 Å². The van der Waals surface area contributed by atoms with Crippen LogP contribution in [0.5, 0.6) is 0 Å². The highest BCUT2D eigenvalue weighted by atomic mass is 79.9. The predicted molar refractivity (Wildman–Crippen MR) is 69.9 cm³/mol. The minimum absolute atomic E-state index is 0.192. The summed E-state index contributed by atoms with van der Waals surface area (Å²) < 4.78 is 0.321. The lowest BCUT2D eigenvalue weighted by molar-refractivity contribution is 1.02. The van der Waals surface area contributed by atoms with Crippen molar-refractivity contribution in [3.63, 3.8) is 0 Å². The fourth-order valence-corrected chi connectivity index (χ4v) is 1.38. The highest BCUT2D eigenvalue weighted by molar-refractivity contribution is 9.10. The molecule has 0 aliphatic carbocycles. The Labute approximate surface area is 112 Å². The van der Waals surface area contributed by atoms with Crippen LogP contribution >= 0.6 is 15.9 Å². The lowest BCUT2D eigenvalue weighted by Gasteiger charge is -1.82. The van der Waals surface area contributed by atoms with E-state index in [0.717, 1.165) is 0 Å². The molecule has 0 saturated heterocycles. The standard InChI is InChI=1S/C5H4N4O.C4H3BrN2O2/c10-5-3-4(7-1-6-3)8-2-9-5;5-2-1-6-4(9)7-3(2)8/h1-2H,(H2,6,7,8,9,10);1H,(H2,6,7,8,9). The second kappa shape index (κ2) is 5.44. The van der Waals surface area contributed by atoms with Gasteiger partial charge in [-0.15, -0.1) is 0 Å². The van der Waals surface area contributed by atoms with Crippen molar-refractivity contribution in [3.8, 4) is 0 Å². The first-order chi connectivity index (χ1) is 9.08. The van der Waals surface area contributed by atoms with E-state index >= 15 is 0 Å². The van der Waals surface area contributed by atoms with Gasteiger partial charge in [0, 0.05) is 6.20 Å². The molecule has 3 aromatic heterocycles. The van der Waals surface area contributed by atoms with Crippen LogP contribution < -0.4 is 16.8 Å². The van der Waals surface area contributed by atoms with Crippen LogP contribution in [-0.4, -0.2) is 29.9 Å². The van der Waals surface area contributed by atoms with Crippen LogP contribution in [-0.2, 0) is 0 Å². The van der Waals surface area contributed by atoms with Gasteiger partial charge >= 0.3 is 5.69 Å². The van der Waals surface area contributed by atoms with Crippen LogP contribution in [0.15, 0.2) is 37.7 Å². The molecule has 19 heavy (non-hydrogen) atoms. The third-order valence-electron chi connectivity index (χ3n) is 2.00. The van der Waals surface area contributed by atoms with Gasteiger partial charge in [-0.25, -0.2) is 14.8 Å². The molecule has 0 aliphatic rings. The number of hydrogen-bond acceptors (Lipinski definition) is 5.